The predicted octanol–water partition coefficient (Wildman–Crippen LogP) is 1.90. The van der Waals surface area contributed by atoms with Crippen LogP contribution in [0.1, 0.15) is 35.2 Å². The summed E-state index contributed by atoms with van der Waals surface area (Å²) in [5.41, 5.74) is 7.59. The first-order chi connectivity index (χ1) is 8.16. The lowest BCUT2D eigenvalue weighted by atomic mass is 10.1. The lowest BCUT2D eigenvalue weighted by Crippen LogP contribution is -2.09. The van der Waals surface area contributed by atoms with Gasteiger partial charge in [-0.1, -0.05) is 6.07 Å². The van der Waals surface area contributed by atoms with Crippen LogP contribution in [0.15, 0.2) is 18.2 Å². The Balaban J connectivity index is 2.44. The number of hydrogen-bond donors (Lipinski definition) is 2. The standard InChI is InChI=1S/C13H19NO3/c1-10-11(6-5-7-12(10)14)13(16)17-9-4-2-3-8-15/h5-7,15H,2-4,8-9,14H2,1H3. The van der Waals surface area contributed by atoms with Crippen LogP contribution in [0.4, 0.5) is 5.69 Å². The second-order valence-corrected chi connectivity index (χ2v) is 3.94. The number of anilines is 1. The molecule has 0 aromatic heterocycles. The van der Waals surface area contributed by atoms with E-state index in [0.29, 0.717) is 17.9 Å². The van der Waals surface area contributed by atoms with Crippen molar-refractivity contribution in [3.63, 3.8) is 0 Å². The molecule has 0 spiro atoms. The molecule has 0 amide bonds. The van der Waals surface area contributed by atoms with Crippen molar-refractivity contribution >= 4 is 11.7 Å². The fourth-order valence-corrected chi connectivity index (χ4v) is 1.51. The van der Waals surface area contributed by atoms with Crippen LogP contribution in [0.5, 0.6) is 0 Å². The first kappa shape index (κ1) is 13.5. The lowest BCUT2D eigenvalue weighted by molar-refractivity contribution is 0.0496. The highest BCUT2D eigenvalue weighted by Gasteiger charge is 2.11. The van der Waals surface area contributed by atoms with Gasteiger partial charge in [-0.15, -0.1) is 0 Å². The Labute approximate surface area is 101 Å². The maximum Gasteiger partial charge on any atom is 0.338 e. The minimum atomic E-state index is -0.334. The molecule has 0 aliphatic rings. The van der Waals surface area contributed by atoms with E-state index in [1.165, 1.54) is 0 Å². The Morgan fingerprint density at radius 1 is 1.35 bits per heavy atom. The Kier molecular flexibility index (Phi) is 5.49. The van der Waals surface area contributed by atoms with Crippen molar-refractivity contribution in [3.8, 4) is 0 Å². The molecule has 0 bridgehead atoms. The van der Waals surface area contributed by atoms with E-state index in [9.17, 15) is 4.79 Å². The number of carbonyl (C=O) groups excluding carboxylic acids is 1. The summed E-state index contributed by atoms with van der Waals surface area (Å²) in [7, 11) is 0. The maximum atomic E-state index is 11.7. The van der Waals surface area contributed by atoms with Crippen LogP contribution in [0.25, 0.3) is 0 Å². The molecule has 1 aromatic rings. The van der Waals surface area contributed by atoms with Crippen molar-refractivity contribution < 1.29 is 14.6 Å². The summed E-state index contributed by atoms with van der Waals surface area (Å²) >= 11 is 0. The van der Waals surface area contributed by atoms with Crippen LogP contribution in [0, 0.1) is 6.92 Å². The Hall–Kier alpha value is -1.55. The molecular weight excluding hydrogens is 218 g/mol. The minimum absolute atomic E-state index is 0.183. The van der Waals surface area contributed by atoms with E-state index in [1.54, 1.807) is 25.1 Å². The Morgan fingerprint density at radius 2 is 2.12 bits per heavy atom. The third kappa shape index (κ3) is 4.07. The summed E-state index contributed by atoms with van der Waals surface area (Å²) < 4.78 is 5.13. The number of carbonyl (C=O) groups is 1. The second-order valence-electron chi connectivity index (χ2n) is 3.94. The molecule has 0 radical (unpaired) electrons. The second kappa shape index (κ2) is 6.91. The number of rotatable bonds is 6. The Morgan fingerprint density at radius 3 is 2.82 bits per heavy atom. The van der Waals surface area contributed by atoms with E-state index in [2.05, 4.69) is 0 Å². The fraction of sp³-hybridized carbons (Fsp3) is 0.462. The quantitative estimate of drug-likeness (QED) is 0.450. The monoisotopic (exact) mass is 237 g/mol. The Bertz CT molecular complexity index is 377. The van der Waals surface area contributed by atoms with Gasteiger partial charge < -0.3 is 15.6 Å². The smallest absolute Gasteiger partial charge is 0.338 e. The van der Waals surface area contributed by atoms with Crippen molar-refractivity contribution in [2.24, 2.45) is 0 Å². The van der Waals surface area contributed by atoms with Gasteiger partial charge in [0.05, 0.1) is 12.2 Å². The average Bonchev–Trinajstić information content (AvgIpc) is 2.32. The van der Waals surface area contributed by atoms with Gasteiger partial charge in [0.2, 0.25) is 0 Å². The van der Waals surface area contributed by atoms with Crippen molar-refractivity contribution in [2.45, 2.75) is 26.2 Å². The normalized spacial score (nSPS) is 10.2. The summed E-state index contributed by atoms with van der Waals surface area (Å²) in [5.74, 6) is -0.334. The van der Waals surface area contributed by atoms with Gasteiger partial charge in [-0.25, -0.2) is 4.79 Å². The molecule has 1 aromatic carbocycles. The van der Waals surface area contributed by atoms with Crippen LogP contribution in [-0.4, -0.2) is 24.3 Å². The summed E-state index contributed by atoms with van der Waals surface area (Å²) in [6.45, 7) is 2.37. The number of nitrogens with two attached hydrogens (primary N) is 1. The molecular formula is C13H19NO3. The molecule has 0 fully saturated rings. The number of aliphatic hydroxyl groups is 1. The minimum Gasteiger partial charge on any atom is -0.462 e. The number of esters is 1. The summed E-state index contributed by atoms with van der Waals surface area (Å²) in [6, 6.07) is 5.21. The van der Waals surface area contributed by atoms with E-state index in [4.69, 9.17) is 15.6 Å². The molecule has 4 heteroatoms. The van der Waals surface area contributed by atoms with Gasteiger partial charge in [-0.2, -0.15) is 0 Å². The molecule has 0 saturated heterocycles. The number of nitrogen functional groups attached to an aromatic ring is 1. The highest BCUT2D eigenvalue weighted by molar-refractivity contribution is 5.92. The zero-order valence-electron chi connectivity index (χ0n) is 10.1. The summed E-state index contributed by atoms with van der Waals surface area (Å²) in [6.07, 6.45) is 2.38. The zero-order valence-corrected chi connectivity index (χ0v) is 10.1. The predicted molar refractivity (Wildman–Crippen MR) is 66.8 cm³/mol. The van der Waals surface area contributed by atoms with Crippen LogP contribution in [-0.2, 0) is 4.74 Å². The van der Waals surface area contributed by atoms with Gasteiger partial charge >= 0.3 is 5.97 Å². The van der Waals surface area contributed by atoms with Crippen molar-refractivity contribution in [3.05, 3.63) is 29.3 Å². The van der Waals surface area contributed by atoms with Crippen LogP contribution in [0.3, 0.4) is 0 Å². The molecule has 94 valence electrons. The van der Waals surface area contributed by atoms with E-state index < -0.39 is 0 Å². The van der Waals surface area contributed by atoms with Crippen molar-refractivity contribution in [2.75, 3.05) is 18.9 Å². The SMILES string of the molecule is Cc1c(N)cccc1C(=O)OCCCCCO. The van der Waals surface area contributed by atoms with E-state index in [0.717, 1.165) is 24.8 Å². The highest BCUT2D eigenvalue weighted by Crippen LogP contribution is 2.16. The number of hydrogen-bond acceptors (Lipinski definition) is 4. The highest BCUT2D eigenvalue weighted by atomic mass is 16.5. The molecule has 0 saturated carbocycles. The van der Waals surface area contributed by atoms with Gasteiger partial charge in [0.25, 0.3) is 0 Å². The van der Waals surface area contributed by atoms with Gasteiger partial charge in [-0.05, 0) is 43.9 Å². The lowest BCUT2D eigenvalue weighted by Gasteiger charge is -2.08. The van der Waals surface area contributed by atoms with Crippen LogP contribution >= 0.6 is 0 Å². The fourth-order valence-electron chi connectivity index (χ4n) is 1.51. The van der Waals surface area contributed by atoms with Crippen LogP contribution < -0.4 is 5.73 Å². The zero-order chi connectivity index (χ0) is 12.7. The maximum absolute atomic E-state index is 11.7. The number of benzene rings is 1. The molecule has 4 nitrogen and oxygen atoms in total. The summed E-state index contributed by atoms with van der Waals surface area (Å²) in [5, 5.41) is 8.60. The average molecular weight is 237 g/mol. The number of aliphatic hydroxyl groups excluding tert-OH is 1. The van der Waals surface area contributed by atoms with Crippen molar-refractivity contribution in [1.82, 2.24) is 0 Å². The van der Waals surface area contributed by atoms with Crippen LogP contribution in [0.2, 0.25) is 0 Å². The molecule has 0 unspecified atom stereocenters. The molecule has 0 atom stereocenters. The topological polar surface area (TPSA) is 72.6 Å². The van der Waals surface area contributed by atoms with Gasteiger partial charge in [0.1, 0.15) is 0 Å². The third-order valence-electron chi connectivity index (χ3n) is 2.63. The number of ether oxygens (including phenoxy) is 1. The van der Waals surface area contributed by atoms with E-state index in [1.807, 2.05) is 0 Å². The molecule has 0 aliphatic heterocycles. The molecule has 17 heavy (non-hydrogen) atoms. The number of unbranched alkanes of at least 4 members (excludes halogenated alkanes) is 2. The third-order valence-corrected chi connectivity index (χ3v) is 2.63. The first-order valence-electron chi connectivity index (χ1n) is 5.80. The molecule has 0 aliphatic carbocycles. The summed E-state index contributed by atoms with van der Waals surface area (Å²) in [4.78, 5) is 11.7. The first-order valence-corrected chi connectivity index (χ1v) is 5.80. The molecule has 0 heterocycles. The molecule has 1 rings (SSSR count). The van der Waals surface area contributed by atoms with Gasteiger partial charge in [0.15, 0.2) is 0 Å². The largest absolute Gasteiger partial charge is 0.462 e. The van der Waals surface area contributed by atoms with Gasteiger partial charge in [0, 0.05) is 12.3 Å². The van der Waals surface area contributed by atoms with Crippen molar-refractivity contribution in [1.29, 1.82) is 0 Å². The van der Waals surface area contributed by atoms with Gasteiger partial charge in [-0.3, -0.25) is 0 Å². The van der Waals surface area contributed by atoms with E-state index in [-0.39, 0.29) is 12.6 Å². The molecule has 3 N–H and O–H groups in total. The van der Waals surface area contributed by atoms with E-state index >= 15 is 0 Å².